The van der Waals surface area contributed by atoms with E-state index in [0.29, 0.717) is 6.04 Å². The maximum atomic E-state index is 3.26. The highest BCUT2D eigenvalue weighted by molar-refractivity contribution is 5.30. The van der Waals surface area contributed by atoms with Crippen molar-refractivity contribution in [1.82, 2.24) is 10.2 Å². The zero-order chi connectivity index (χ0) is 9.97. The van der Waals surface area contributed by atoms with Gasteiger partial charge in [-0.15, -0.1) is 0 Å². The van der Waals surface area contributed by atoms with E-state index >= 15 is 0 Å². The minimum absolute atomic E-state index is 0.648. The Hall–Kier alpha value is -0.860. The molecule has 0 spiro atoms. The third kappa shape index (κ3) is 1.81. The quantitative estimate of drug-likeness (QED) is 0.755. The Morgan fingerprint density at radius 1 is 1.36 bits per heavy atom. The number of hydrogen-bond donors (Lipinski definition) is 1. The molecule has 0 aromatic heterocycles. The molecular weight excluding hydrogens is 172 g/mol. The second-order valence-corrected chi connectivity index (χ2v) is 4.10. The molecule has 1 aliphatic rings. The monoisotopic (exact) mass is 190 g/mol. The lowest BCUT2D eigenvalue weighted by Gasteiger charge is -2.33. The molecule has 2 nitrogen and oxygen atoms in total. The summed E-state index contributed by atoms with van der Waals surface area (Å²) in [6.07, 6.45) is 1.17. The fourth-order valence-electron chi connectivity index (χ4n) is 2.18. The molecule has 1 aromatic rings. The van der Waals surface area contributed by atoms with Gasteiger partial charge in [-0.2, -0.15) is 0 Å². The predicted molar refractivity (Wildman–Crippen MR) is 59.3 cm³/mol. The maximum absolute atomic E-state index is 3.26. The van der Waals surface area contributed by atoms with Gasteiger partial charge in [0, 0.05) is 19.1 Å². The van der Waals surface area contributed by atoms with Gasteiger partial charge in [0.25, 0.3) is 0 Å². The molecular formula is C12H18N2. The summed E-state index contributed by atoms with van der Waals surface area (Å²) in [6, 6.07) is 9.41. The van der Waals surface area contributed by atoms with E-state index in [4.69, 9.17) is 0 Å². The average molecular weight is 190 g/mol. The molecule has 1 heterocycles. The molecule has 1 N–H and O–H groups in total. The van der Waals surface area contributed by atoms with Crippen molar-refractivity contribution in [2.75, 3.05) is 20.6 Å². The first-order valence-corrected chi connectivity index (χ1v) is 5.23. The zero-order valence-electron chi connectivity index (χ0n) is 8.96. The van der Waals surface area contributed by atoms with Gasteiger partial charge in [0.05, 0.1) is 0 Å². The van der Waals surface area contributed by atoms with Gasteiger partial charge < -0.3 is 5.32 Å². The van der Waals surface area contributed by atoms with E-state index in [9.17, 15) is 0 Å². The van der Waals surface area contributed by atoms with Crippen molar-refractivity contribution in [3.63, 3.8) is 0 Å². The molecule has 2 heteroatoms. The second kappa shape index (κ2) is 4.11. The van der Waals surface area contributed by atoms with Crippen LogP contribution in [0.1, 0.15) is 11.1 Å². The van der Waals surface area contributed by atoms with Gasteiger partial charge >= 0.3 is 0 Å². The second-order valence-electron chi connectivity index (χ2n) is 4.10. The third-order valence-electron chi connectivity index (χ3n) is 3.06. The molecule has 0 aliphatic carbocycles. The molecule has 1 aromatic carbocycles. The Kier molecular flexibility index (Phi) is 2.85. The van der Waals surface area contributed by atoms with Crippen molar-refractivity contribution in [3.8, 4) is 0 Å². The zero-order valence-corrected chi connectivity index (χ0v) is 8.96. The smallest absolute Gasteiger partial charge is 0.0261 e. The van der Waals surface area contributed by atoms with Crippen LogP contribution in [0, 0.1) is 0 Å². The van der Waals surface area contributed by atoms with Crippen LogP contribution in [0.15, 0.2) is 24.3 Å². The minimum atomic E-state index is 0.648. The van der Waals surface area contributed by atoms with E-state index < -0.39 is 0 Å². The summed E-state index contributed by atoms with van der Waals surface area (Å²) >= 11 is 0. The molecule has 1 atom stereocenters. The average Bonchev–Trinajstić information content (AvgIpc) is 2.19. The van der Waals surface area contributed by atoms with E-state index in [1.165, 1.54) is 17.5 Å². The highest BCUT2D eigenvalue weighted by Gasteiger charge is 2.21. The lowest BCUT2D eigenvalue weighted by atomic mass is 9.94. The number of benzene rings is 1. The van der Waals surface area contributed by atoms with Gasteiger partial charge in [0.1, 0.15) is 0 Å². The summed E-state index contributed by atoms with van der Waals surface area (Å²) in [6.45, 7) is 2.16. The molecule has 0 amide bonds. The summed E-state index contributed by atoms with van der Waals surface area (Å²) < 4.78 is 0. The van der Waals surface area contributed by atoms with E-state index in [-0.39, 0.29) is 0 Å². The number of likely N-dealkylation sites (N-methyl/N-ethyl adjacent to an activating group) is 2. The van der Waals surface area contributed by atoms with Crippen LogP contribution in [0.3, 0.4) is 0 Å². The summed E-state index contributed by atoms with van der Waals surface area (Å²) in [5.74, 6) is 0. The number of fused-ring (bicyclic) bond motifs is 1. The SMILES string of the molecule is CNC[C@H]1Cc2ccccc2CN1C. The van der Waals surface area contributed by atoms with Crippen molar-refractivity contribution in [3.05, 3.63) is 35.4 Å². The molecule has 0 bridgehead atoms. The molecule has 0 unspecified atom stereocenters. The number of nitrogens with one attached hydrogen (secondary N) is 1. The van der Waals surface area contributed by atoms with Crippen LogP contribution in [0.5, 0.6) is 0 Å². The van der Waals surface area contributed by atoms with Crippen LogP contribution < -0.4 is 5.32 Å². The molecule has 0 saturated heterocycles. The number of rotatable bonds is 2. The Balaban J connectivity index is 2.18. The minimum Gasteiger partial charge on any atom is -0.318 e. The molecule has 2 rings (SSSR count). The van der Waals surface area contributed by atoms with Gasteiger partial charge in [-0.05, 0) is 31.6 Å². The maximum Gasteiger partial charge on any atom is 0.0261 e. The van der Waals surface area contributed by atoms with Gasteiger partial charge in [0.2, 0.25) is 0 Å². The molecule has 0 radical (unpaired) electrons. The van der Waals surface area contributed by atoms with Crippen molar-refractivity contribution < 1.29 is 0 Å². The van der Waals surface area contributed by atoms with Gasteiger partial charge in [-0.3, -0.25) is 4.90 Å². The predicted octanol–water partition coefficient (Wildman–Crippen LogP) is 1.26. The Labute approximate surface area is 85.9 Å². The fourth-order valence-corrected chi connectivity index (χ4v) is 2.18. The first kappa shape index (κ1) is 9.69. The van der Waals surface area contributed by atoms with Crippen LogP contribution in [0.2, 0.25) is 0 Å². The van der Waals surface area contributed by atoms with E-state index in [1.54, 1.807) is 0 Å². The fraction of sp³-hybridized carbons (Fsp3) is 0.500. The molecule has 0 fully saturated rings. The standard InChI is InChI=1S/C12H18N2/c1-13-8-12-7-10-5-3-4-6-11(10)9-14(12)2/h3-6,12-13H,7-9H2,1-2H3/t12-/m1/s1. The van der Waals surface area contributed by atoms with Crippen LogP contribution in [0.25, 0.3) is 0 Å². The van der Waals surface area contributed by atoms with Crippen molar-refractivity contribution >= 4 is 0 Å². The largest absolute Gasteiger partial charge is 0.318 e. The molecule has 1 aliphatic heterocycles. The van der Waals surface area contributed by atoms with E-state index in [2.05, 4.69) is 41.5 Å². The Morgan fingerprint density at radius 3 is 2.79 bits per heavy atom. The summed E-state index contributed by atoms with van der Waals surface area (Å²) in [5, 5.41) is 3.26. The molecule has 76 valence electrons. The Bertz CT molecular complexity index is 309. The van der Waals surface area contributed by atoms with Crippen LogP contribution >= 0.6 is 0 Å². The Morgan fingerprint density at radius 2 is 2.07 bits per heavy atom. The number of nitrogens with zero attached hydrogens (tertiary/aromatic N) is 1. The lowest BCUT2D eigenvalue weighted by molar-refractivity contribution is 0.213. The molecule has 14 heavy (non-hydrogen) atoms. The van der Waals surface area contributed by atoms with Crippen molar-refractivity contribution in [2.24, 2.45) is 0 Å². The summed E-state index contributed by atoms with van der Waals surface area (Å²) in [4.78, 5) is 2.43. The van der Waals surface area contributed by atoms with Crippen LogP contribution in [-0.2, 0) is 13.0 Å². The van der Waals surface area contributed by atoms with Crippen molar-refractivity contribution in [2.45, 2.75) is 19.0 Å². The van der Waals surface area contributed by atoms with Crippen molar-refractivity contribution in [1.29, 1.82) is 0 Å². The topological polar surface area (TPSA) is 15.3 Å². The van der Waals surface area contributed by atoms with Gasteiger partial charge in [-0.25, -0.2) is 0 Å². The van der Waals surface area contributed by atoms with Gasteiger partial charge in [-0.1, -0.05) is 24.3 Å². The van der Waals surface area contributed by atoms with Crippen LogP contribution in [0.4, 0.5) is 0 Å². The first-order valence-electron chi connectivity index (χ1n) is 5.23. The van der Waals surface area contributed by atoms with Gasteiger partial charge in [0.15, 0.2) is 0 Å². The van der Waals surface area contributed by atoms with E-state index in [1.807, 2.05) is 7.05 Å². The first-order chi connectivity index (χ1) is 6.81. The van der Waals surface area contributed by atoms with E-state index in [0.717, 1.165) is 13.1 Å². The summed E-state index contributed by atoms with van der Waals surface area (Å²) in [5.41, 5.74) is 3.01. The lowest BCUT2D eigenvalue weighted by Crippen LogP contribution is -2.43. The highest BCUT2D eigenvalue weighted by atomic mass is 15.1. The van der Waals surface area contributed by atoms with Crippen LogP contribution in [-0.4, -0.2) is 31.6 Å². The number of hydrogen-bond acceptors (Lipinski definition) is 2. The third-order valence-corrected chi connectivity index (χ3v) is 3.06. The summed E-state index contributed by atoms with van der Waals surface area (Å²) in [7, 11) is 4.23. The molecule has 0 saturated carbocycles. The normalized spacial score (nSPS) is 22.0. The highest BCUT2D eigenvalue weighted by Crippen LogP contribution is 2.21.